The molecule has 0 fully saturated rings. The standard InChI is InChI=1S/C15H17NO2/c1-3-9-18-15(17)14(11-16)10-13-8-6-5-7-12(13)4-2/h5-8,10H,3-4,9H2,1-2H3. The smallest absolute Gasteiger partial charge is 0.348 e. The van der Waals surface area contributed by atoms with Crippen LogP contribution in [0.15, 0.2) is 29.8 Å². The van der Waals surface area contributed by atoms with Gasteiger partial charge in [0.2, 0.25) is 0 Å². The third kappa shape index (κ3) is 3.74. The molecule has 1 rings (SSSR count). The van der Waals surface area contributed by atoms with E-state index in [0.29, 0.717) is 6.61 Å². The van der Waals surface area contributed by atoms with Crippen molar-refractivity contribution >= 4 is 12.0 Å². The summed E-state index contributed by atoms with van der Waals surface area (Å²) >= 11 is 0. The molecule has 0 amide bonds. The Labute approximate surface area is 108 Å². The second-order valence-electron chi connectivity index (χ2n) is 3.86. The SMILES string of the molecule is CCCOC(=O)C(C#N)=Cc1ccccc1CC. The minimum absolute atomic E-state index is 0.0457. The van der Waals surface area contributed by atoms with Crippen molar-refractivity contribution in [3.05, 3.63) is 41.0 Å². The largest absolute Gasteiger partial charge is 0.462 e. The lowest BCUT2D eigenvalue weighted by Gasteiger charge is -2.04. The molecule has 0 saturated carbocycles. The summed E-state index contributed by atoms with van der Waals surface area (Å²) in [4.78, 5) is 11.6. The molecular weight excluding hydrogens is 226 g/mol. The van der Waals surface area contributed by atoms with Gasteiger partial charge in [0, 0.05) is 0 Å². The normalized spacial score (nSPS) is 10.8. The van der Waals surface area contributed by atoms with E-state index in [1.54, 1.807) is 6.08 Å². The molecule has 0 aromatic heterocycles. The van der Waals surface area contributed by atoms with Gasteiger partial charge in [0.25, 0.3) is 0 Å². The van der Waals surface area contributed by atoms with Crippen molar-refractivity contribution in [1.29, 1.82) is 5.26 Å². The molecule has 0 aliphatic heterocycles. The molecule has 3 heteroatoms. The van der Waals surface area contributed by atoms with Crippen LogP contribution in [0.1, 0.15) is 31.4 Å². The highest BCUT2D eigenvalue weighted by Gasteiger charge is 2.10. The summed E-state index contributed by atoms with van der Waals surface area (Å²) in [6, 6.07) is 9.60. The molecule has 1 aromatic carbocycles. The summed E-state index contributed by atoms with van der Waals surface area (Å²) in [5, 5.41) is 9.00. The highest BCUT2D eigenvalue weighted by atomic mass is 16.5. The van der Waals surface area contributed by atoms with Gasteiger partial charge in [0.05, 0.1) is 6.61 Å². The van der Waals surface area contributed by atoms with Gasteiger partial charge in [-0.2, -0.15) is 5.26 Å². The summed E-state index contributed by atoms with van der Waals surface area (Å²) in [7, 11) is 0. The molecule has 0 radical (unpaired) electrons. The van der Waals surface area contributed by atoms with Crippen molar-refractivity contribution in [2.24, 2.45) is 0 Å². The Kier molecular flexibility index (Phi) is 5.66. The lowest BCUT2D eigenvalue weighted by atomic mass is 10.0. The number of ether oxygens (including phenoxy) is 1. The molecular formula is C15H17NO2. The topological polar surface area (TPSA) is 50.1 Å². The van der Waals surface area contributed by atoms with Crippen LogP contribution in [-0.2, 0) is 16.0 Å². The Morgan fingerprint density at radius 3 is 2.72 bits per heavy atom. The van der Waals surface area contributed by atoms with Crippen molar-refractivity contribution in [1.82, 2.24) is 0 Å². The fourth-order valence-electron chi connectivity index (χ4n) is 1.56. The van der Waals surface area contributed by atoms with Gasteiger partial charge in [-0.05, 0) is 30.0 Å². The third-order valence-corrected chi connectivity index (χ3v) is 2.51. The number of benzene rings is 1. The predicted octanol–water partition coefficient (Wildman–Crippen LogP) is 3.11. The highest BCUT2D eigenvalue weighted by Crippen LogP contribution is 2.14. The van der Waals surface area contributed by atoms with Crippen LogP contribution >= 0.6 is 0 Å². The van der Waals surface area contributed by atoms with Crippen molar-refractivity contribution in [2.45, 2.75) is 26.7 Å². The number of aryl methyl sites for hydroxylation is 1. The third-order valence-electron chi connectivity index (χ3n) is 2.51. The van der Waals surface area contributed by atoms with Crippen LogP contribution in [0.5, 0.6) is 0 Å². The van der Waals surface area contributed by atoms with Crippen LogP contribution in [0, 0.1) is 11.3 Å². The van der Waals surface area contributed by atoms with E-state index in [-0.39, 0.29) is 5.57 Å². The zero-order valence-corrected chi connectivity index (χ0v) is 10.8. The number of nitriles is 1. The Morgan fingerprint density at radius 1 is 1.39 bits per heavy atom. The van der Waals surface area contributed by atoms with Gasteiger partial charge >= 0.3 is 5.97 Å². The van der Waals surface area contributed by atoms with Crippen molar-refractivity contribution in [2.75, 3.05) is 6.61 Å². The summed E-state index contributed by atoms with van der Waals surface area (Å²) in [6.45, 7) is 4.29. The second kappa shape index (κ2) is 7.29. The Balaban J connectivity index is 2.97. The second-order valence-corrected chi connectivity index (χ2v) is 3.86. The predicted molar refractivity (Wildman–Crippen MR) is 70.7 cm³/mol. The van der Waals surface area contributed by atoms with Crippen molar-refractivity contribution in [3.63, 3.8) is 0 Å². The molecule has 94 valence electrons. The first kappa shape index (κ1) is 14.0. The molecule has 3 nitrogen and oxygen atoms in total. The first-order valence-corrected chi connectivity index (χ1v) is 6.09. The van der Waals surface area contributed by atoms with Crippen LogP contribution in [-0.4, -0.2) is 12.6 Å². The molecule has 0 bridgehead atoms. The molecule has 0 N–H and O–H groups in total. The summed E-state index contributed by atoms with van der Waals surface area (Å²) in [6.07, 6.45) is 3.20. The lowest BCUT2D eigenvalue weighted by Crippen LogP contribution is -2.07. The van der Waals surface area contributed by atoms with Crippen molar-refractivity contribution in [3.8, 4) is 6.07 Å². The minimum Gasteiger partial charge on any atom is -0.462 e. The van der Waals surface area contributed by atoms with E-state index in [9.17, 15) is 4.79 Å². The number of carbonyl (C=O) groups excluding carboxylic acids is 1. The van der Waals surface area contributed by atoms with Crippen LogP contribution in [0.3, 0.4) is 0 Å². The molecule has 0 aliphatic rings. The molecule has 0 heterocycles. The lowest BCUT2D eigenvalue weighted by molar-refractivity contribution is -0.138. The van der Waals surface area contributed by atoms with Gasteiger partial charge in [0.1, 0.15) is 11.6 Å². The maximum absolute atomic E-state index is 11.6. The molecule has 18 heavy (non-hydrogen) atoms. The van der Waals surface area contributed by atoms with E-state index in [1.165, 1.54) is 0 Å². The van der Waals surface area contributed by atoms with E-state index >= 15 is 0 Å². The van der Waals surface area contributed by atoms with Gasteiger partial charge in [0.15, 0.2) is 0 Å². The minimum atomic E-state index is -0.551. The number of hydrogen-bond donors (Lipinski definition) is 0. The van der Waals surface area contributed by atoms with Gasteiger partial charge < -0.3 is 4.74 Å². The van der Waals surface area contributed by atoms with Crippen molar-refractivity contribution < 1.29 is 9.53 Å². The van der Waals surface area contributed by atoms with Gasteiger partial charge in [-0.1, -0.05) is 38.1 Å². The Hall–Kier alpha value is -2.08. The summed E-state index contributed by atoms with van der Waals surface area (Å²) < 4.78 is 4.96. The van der Waals surface area contributed by atoms with Crippen LogP contribution in [0.4, 0.5) is 0 Å². The zero-order valence-electron chi connectivity index (χ0n) is 10.8. The fraction of sp³-hybridized carbons (Fsp3) is 0.333. The van der Waals surface area contributed by atoms with E-state index in [0.717, 1.165) is 24.0 Å². The van der Waals surface area contributed by atoms with E-state index in [1.807, 2.05) is 44.2 Å². The first-order chi connectivity index (χ1) is 8.72. The first-order valence-electron chi connectivity index (χ1n) is 6.09. The van der Waals surface area contributed by atoms with Gasteiger partial charge in [-0.3, -0.25) is 0 Å². The Bertz CT molecular complexity index is 484. The maximum atomic E-state index is 11.6. The monoisotopic (exact) mass is 243 g/mol. The fourth-order valence-corrected chi connectivity index (χ4v) is 1.56. The molecule has 0 spiro atoms. The van der Waals surface area contributed by atoms with E-state index in [4.69, 9.17) is 10.00 Å². The van der Waals surface area contributed by atoms with Crippen LogP contribution in [0.25, 0.3) is 6.08 Å². The zero-order chi connectivity index (χ0) is 13.4. The highest BCUT2D eigenvalue weighted by molar-refractivity contribution is 5.98. The summed E-state index contributed by atoms with van der Waals surface area (Å²) in [5.41, 5.74) is 2.04. The summed E-state index contributed by atoms with van der Waals surface area (Å²) in [5.74, 6) is -0.551. The Morgan fingerprint density at radius 2 is 2.11 bits per heavy atom. The van der Waals surface area contributed by atoms with Gasteiger partial charge in [-0.25, -0.2) is 4.79 Å². The number of carbonyl (C=O) groups is 1. The van der Waals surface area contributed by atoms with E-state index in [2.05, 4.69) is 0 Å². The molecule has 1 aromatic rings. The molecule has 0 aliphatic carbocycles. The van der Waals surface area contributed by atoms with Gasteiger partial charge in [-0.15, -0.1) is 0 Å². The molecule has 0 atom stereocenters. The quantitative estimate of drug-likeness (QED) is 0.453. The average Bonchev–Trinajstić information content (AvgIpc) is 2.42. The molecule has 0 saturated heterocycles. The maximum Gasteiger partial charge on any atom is 0.348 e. The molecule has 0 unspecified atom stereocenters. The average molecular weight is 243 g/mol. The number of nitrogens with zero attached hydrogens (tertiary/aromatic N) is 1. The number of hydrogen-bond acceptors (Lipinski definition) is 3. The number of esters is 1. The van der Waals surface area contributed by atoms with E-state index < -0.39 is 5.97 Å². The number of rotatable bonds is 5. The van der Waals surface area contributed by atoms with Crippen LogP contribution < -0.4 is 0 Å². The van der Waals surface area contributed by atoms with Crippen LogP contribution in [0.2, 0.25) is 0 Å².